The van der Waals surface area contributed by atoms with Crippen molar-refractivity contribution in [1.82, 2.24) is 4.98 Å². The van der Waals surface area contributed by atoms with Crippen molar-refractivity contribution in [2.75, 3.05) is 6.61 Å². The van der Waals surface area contributed by atoms with Gasteiger partial charge in [-0.25, -0.2) is 0 Å². The summed E-state index contributed by atoms with van der Waals surface area (Å²) in [5.41, 5.74) is 5.86. The van der Waals surface area contributed by atoms with Crippen molar-refractivity contribution in [3.63, 3.8) is 0 Å². The first kappa shape index (κ1) is 14.6. The number of rotatable bonds is 4. The van der Waals surface area contributed by atoms with Gasteiger partial charge in [0.2, 0.25) is 0 Å². The average Bonchev–Trinajstić information content (AvgIpc) is 2.95. The third kappa shape index (κ3) is 2.69. The lowest BCUT2D eigenvalue weighted by molar-refractivity contribution is -0.143. The minimum Gasteiger partial charge on any atom is -0.464 e. The van der Waals surface area contributed by atoms with Gasteiger partial charge in [0.15, 0.2) is 0 Å². The average molecular weight is 315 g/mol. The highest BCUT2D eigenvalue weighted by Gasteiger charge is 2.28. The molecular weight excluding hydrogens is 298 g/mol. The van der Waals surface area contributed by atoms with E-state index in [1.54, 1.807) is 12.4 Å². The molecule has 1 aromatic heterocycles. The highest BCUT2D eigenvalue weighted by molar-refractivity contribution is 5.79. The minimum absolute atomic E-state index is 0.110. The van der Waals surface area contributed by atoms with E-state index in [0.29, 0.717) is 6.61 Å². The molecule has 0 radical (unpaired) electrons. The second kappa shape index (κ2) is 6.28. The van der Waals surface area contributed by atoms with Crippen molar-refractivity contribution in [2.45, 2.75) is 12.3 Å². The molecule has 0 atom stereocenters. The molecule has 0 amide bonds. The normalized spacial score (nSPS) is 12.5. The van der Waals surface area contributed by atoms with E-state index in [4.69, 9.17) is 4.74 Å². The minimum atomic E-state index is -0.205. The quantitative estimate of drug-likeness (QED) is 0.684. The van der Waals surface area contributed by atoms with Gasteiger partial charge in [-0.3, -0.25) is 9.78 Å². The van der Waals surface area contributed by atoms with Crippen LogP contribution in [-0.2, 0) is 16.0 Å². The van der Waals surface area contributed by atoms with Crippen LogP contribution in [0.4, 0.5) is 0 Å². The number of hydrogen-bond donors (Lipinski definition) is 0. The predicted molar refractivity (Wildman–Crippen MR) is 92.6 cm³/mol. The molecule has 3 nitrogen and oxygen atoms in total. The second-order valence-corrected chi connectivity index (χ2v) is 5.94. The molecule has 0 bridgehead atoms. The van der Waals surface area contributed by atoms with E-state index in [1.807, 2.05) is 36.4 Å². The van der Waals surface area contributed by atoms with Gasteiger partial charge in [-0.1, -0.05) is 48.5 Å². The zero-order valence-electron chi connectivity index (χ0n) is 13.2. The largest absolute Gasteiger partial charge is 0.464 e. The molecule has 4 rings (SSSR count). The van der Waals surface area contributed by atoms with Gasteiger partial charge in [0.1, 0.15) is 6.61 Å². The summed E-state index contributed by atoms with van der Waals surface area (Å²) >= 11 is 0. The summed E-state index contributed by atoms with van der Waals surface area (Å²) in [6.45, 7) is 0.373. The fraction of sp³-hybridized carbons (Fsp3) is 0.143. The maximum Gasteiger partial charge on any atom is 0.310 e. The van der Waals surface area contributed by atoms with E-state index < -0.39 is 0 Å². The molecule has 118 valence electrons. The Labute approximate surface area is 140 Å². The van der Waals surface area contributed by atoms with Gasteiger partial charge in [-0.2, -0.15) is 0 Å². The van der Waals surface area contributed by atoms with Gasteiger partial charge in [0.05, 0.1) is 6.42 Å². The lowest BCUT2D eigenvalue weighted by atomic mass is 9.98. The monoisotopic (exact) mass is 315 g/mol. The van der Waals surface area contributed by atoms with Crippen LogP contribution in [0, 0.1) is 0 Å². The van der Waals surface area contributed by atoms with Crippen LogP contribution in [0.2, 0.25) is 0 Å². The van der Waals surface area contributed by atoms with Gasteiger partial charge >= 0.3 is 5.97 Å². The molecule has 1 aliphatic carbocycles. The Hall–Kier alpha value is -2.94. The highest BCUT2D eigenvalue weighted by atomic mass is 16.5. The van der Waals surface area contributed by atoms with Crippen molar-refractivity contribution in [3.05, 3.63) is 89.7 Å². The molecule has 24 heavy (non-hydrogen) atoms. The first-order chi connectivity index (χ1) is 11.8. The maximum atomic E-state index is 12.2. The van der Waals surface area contributed by atoms with Crippen molar-refractivity contribution in [3.8, 4) is 11.1 Å². The van der Waals surface area contributed by atoms with E-state index in [1.165, 1.54) is 22.3 Å². The predicted octanol–water partition coefficient (Wildman–Crippen LogP) is 3.98. The van der Waals surface area contributed by atoms with E-state index in [0.717, 1.165) is 5.56 Å². The number of carbonyl (C=O) groups excluding carboxylic acids is 1. The van der Waals surface area contributed by atoms with E-state index in [-0.39, 0.29) is 18.3 Å². The van der Waals surface area contributed by atoms with Crippen LogP contribution in [0.1, 0.15) is 22.6 Å². The highest BCUT2D eigenvalue weighted by Crippen LogP contribution is 2.44. The number of aromatic nitrogens is 1. The molecule has 0 saturated carbocycles. The maximum absolute atomic E-state index is 12.2. The molecule has 3 aromatic rings. The van der Waals surface area contributed by atoms with Crippen molar-refractivity contribution in [2.24, 2.45) is 0 Å². The van der Waals surface area contributed by atoms with E-state index in [2.05, 4.69) is 29.2 Å². The first-order valence-electron chi connectivity index (χ1n) is 8.05. The smallest absolute Gasteiger partial charge is 0.310 e. The zero-order chi connectivity index (χ0) is 16.4. The topological polar surface area (TPSA) is 39.2 Å². The van der Waals surface area contributed by atoms with Gasteiger partial charge in [-0.15, -0.1) is 0 Å². The lowest BCUT2D eigenvalue weighted by Gasteiger charge is -2.14. The lowest BCUT2D eigenvalue weighted by Crippen LogP contribution is -2.14. The Kier molecular flexibility index (Phi) is 3.83. The molecule has 0 spiro atoms. The number of nitrogens with zero attached hydrogens (tertiary/aromatic N) is 1. The number of fused-ring (bicyclic) bond motifs is 3. The summed E-state index contributed by atoms with van der Waals surface area (Å²) in [7, 11) is 0. The molecule has 1 aliphatic rings. The molecule has 0 saturated heterocycles. The van der Waals surface area contributed by atoms with Crippen molar-refractivity contribution < 1.29 is 9.53 Å². The SMILES string of the molecule is O=C(Cc1ccncc1)OCC1c2ccccc2-c2ccccc21. The number of benzene rings is 2. The van der Waals surface area contributed by atoms with Crippen LogP contribution in [0.5, 0.6) is 0 Å². The Morgan fingerprint density at radius 2 is 1.46 bits per heavy atom. The molecule has 0 N–H and O–H groups in total. The van der Waals surface area contributed by atoms with E-state index >= 15 is 0 Å². The van der Waals surface area contributed by atoms with E-state index in [9.17, 15) is 4.79 Å². The molecule has 1 heterocycles. The standard InChI is InChI=1S/C21H17NO2/c23-21(13-15-9-11-22-12-10-15)24-14-20-18-7-3-1-5-16(18)17-6-2-4-8-19(17)20/h1-12,20H,13-14H2. The fourth-order valence-corrected chi connectivity index (χ4v) is 3.33. The summed E-state index contributed by atoms with van der Waals surface area (Å²) in [5, 5.41) is 0. The Bertz CT molecular complexity index is 828. The molecule has 0 aliphatic heterocycles. The number of carbonyl (C=O) groups is 1. The number of esters is 1. The van der Waals surface area contributed by atoms with Gasteiger partial charge in [-0.05, 0) is 39.9 Å². The van der Waals surface area contributed by atoms with Gasteiger partial charge in [0.25, 0.3) is 0 Å². The third-order valence-corrected chi connectivity index (χ3v) is 4.47. The fourth-order valence-electron chi connectivity index (χ4n) is 3.33. The summed E-state index contributed by atoms with van der Waals surface area (Å²) in [4.78, 5) is 16.1. The second-order valence-electron chi connectivity index (χ2n) is 5.94. The van der Waals surface area contributed by atoms with Crippen LogP contribution < -0.4 is 0 Å². The Morgan fingerprint density at radius 1 is 0.875 bits per heavy atom. The molecule has 2 aromatic carbocycles. The molecular formula is C21H17NO2. The summed E-state index contributed by atoms with van der Waals surface area (Å²) in [5.74, 6) is -0.0955. The summed E-state index contributed by atoms with van der Waals surface area (Å²) in [6, 6.07) is 20.4. The molecule has 0 unspecified atom stereocenters. The van der Waals surface area contributed by atoms with Gasteiger partial charge < -0.3 is 4.74 Å². The van der Waals surface area contributed by atoms with Crippen LogP contribution in [0.15, 0.2) is 73.1 Å². The molecule has 0 fully saturated rings. The van der Waals surface area contributed by atoms with Crippen molar-refractivity contribution in [1.29, 1.82) is 0 Å². The Balaban J connectivity index is 1.52. The van der Waals surface area contributed by atoms with Gasteiger partial charge in [0, 0.05) is 18.3 Å². The number of hydrogen-bond acceptors (Lipinski definition) is 3. The summed E-state index contributed by atoms with van der Waals surface area (Å²) in [6.07, 6.45) is 3.65. The number of pyridine rings is 1. The van der Waals surface area contributed by atoms with Crippen LogP contribution >= 0.6 is 0 Å². The number of ether oxygens (including phenoxy) is 1. The first-order valence-corrected chi connectivity index (χ1v) is 8.05. The van der Waals surface area contributed by atoms with Crippen LogP contribution in [0.25, 0.3) is 11.1 Å². The summed E-state index contributed by atoms with van der Waals surface area (Å²) < 4.78 is 5.58. The Morgan fingerprint density at radius 3 is 2.08 bits per heavy atom. The molecule has 3 heteroatoms. The van der Waals surface area contributed by atoms with Crippen LogP contribution in [0.3, 0.4) is 0 Å². The van der Waals surface area contributed by atoms with Crippen LogP contribution in [-0.4, -0.2) is 17.6 Å². The van der Waals surface area contributed by atoms with Crippen molar-refractivity contribution >= 4 is 5.97 Å². The third-order valence-electron chi connectivity index (χ3n) is 4.47. The zero-order valence-corrected chi connectivity index (χ0v) is 13.2.